The van der Waals surface area contributed by atoms with Crippen molar-refractivity contribution in [2.45, 2.75) is 27.3 Å². The minimum atomic E-state index is -1.16. The third-order valence-electron chi connectivity index (χ3n) is 3.54. The smallest absolute Gasteiger partial charge is 0.372 e. The maximum absolute atomic E-state index is 11.9. The van der Waals surface area contributed by atoms with E-state index in [9.17, 15) is 14.4 Å². The van der Waals surface area contributed by atoms with Gasteiger partial charge in [-0.2, -0.15) is 0 Å². The first-order valence-corrected chi connectivity index (χ1v) is 6.00. The van der Waals surface area contributed by atoms with Gasteiger partial charge in [-0.1, -0.05) is 13.8 Å². The summed E-state index contributed by atoms with van der Waals surface area (Å²) in [6.45, 7) is 5.01. The molecule has 6 heteroatoms. The van der Waals surface area contributed by atoms with Crippen LogP contribution in [-0.2, 0) is 16.1 Å². The molecule has 1 aliphatic heterocycles. The maximum atomic E-state index is 11.9. The molecule has 1 N–H and O–H groups in total. The Hall–Kier alpha value is -2.11. The first kappa shape index (κ1) is 13.3. The molecular weight excluding hydrogens is 250 g/mol. The van der Waals surface area contributed by atoms with E-state index in [0.717, 1.165) is 4.90 Å². The molecule has 2 unspecified atom stereocenters. The van der Waals surface area contributed by atoms with E-state index >= 15 is 0 Å². The van der Waals surface area contributed by atoms with E-state index < -0.39 is 5.97 Å². The Bertz CT molecular complexity index is 539. The van der Waals surface area contributed by atoms with E-state index in [4.69, 9.17) is 9.52 Å². The van der Waals surface area contributed by atoms with E-state index in [1.165, 1.54) is 6.07 Å². The van der Waals surface area contributed by atoms with Crippen LogP contribution in [0.1, 0.15) is 35.7 Å². The lowest BCUT2D eigenvalue weighted by molar-refractivity contribution is -0.140. The molecule has 6 nitrogen and oxygen atoms in total. The third-order valence-corrected chi connectivity index (χ3v) is 3.54. The number of likely N-dealkylation sites (tertiary alicyclic amines) is 1. The lowest BCUT2D eigenvalue weighted by Crippen LogP contribution is -2.30. The van der Waals surface area contributed by atoms with Gasteiger partial charge in [0, 0.05) is 17.4 Å². The van der Waals surface area contributed by atoms with Crippen molar-refractivity contribution in [3.8, 4) is 0 Å². The van der Waals surface area contributed by atoms with Crippen LogP contribution in [0.2, 0.25) is 0 Å². The van der Waals surface area contributed by atoms with Gasteiger partial charge in [0.15, 0.2) is 0 Å². The highest BCUT2D eigenvalue weighted by molar-refractivity contribution is 6.04. The van der Waals surface area contributed by atoms with Crippen LogP contribution in [0, 0.1) is 18.8 Å². The van der Waals surface area contributed by atoms with Crippen LogP contribution in [-0.4, -0.2) is 27.8 Å². The van der Waals surface area contributed by atoms with Gasteiger partial charge < -0.3 is 9.52 Å². The number of hydrogen-bond donors (Lipinski definition) is 1. The van der Waals surface area contributed by atoms with Crippen molar-refractivity contribution in [1.29, 1.82) is 0 Å². The van der Waals surface area contributed by atoms with Gasteiger partial charge in [0.2, 0.25) is 17.6 Å². The number of aromatic carboxylic acids is 1. The van der Waals surface area contributed by atoms with E-state index in [1.54, 1.807) is 20.8 Å². The molecular formula is C13H15NO5. The van der Waals surface area contributed by atoms with Crippen molar-refractivity contribution in [2.75, 3.05) is 0 Å². The van der Waals surface area contributed by atoms with Crippen LogP contribution in [0.15, 0.2) is 10.5 Å². The largest absolute Gasteiger partial charge is 0.475 e. The zero-order valence-electron chi connectivity index (χ0n) is 11.0. The average molecular weight is 265 g/mol. The van der Waals surface area contributed by atoms with Crippen molar-refractivity contribution in [3.63, 3.8) is 0 Å². The van der Waals surface area contributed by atoms with Crippen LogP contribution in [0.25, 0.3) is 0 Å². The van der Waals surface area contributed by atoms with Gasteiger partial charge in [-0.25, -0.2) is 4.79 Å². The van der Waals surface area contributed by atoms with Gasteiger partial charge in [0.05, 0.1) is 6.54 Å². The molecule has 2 atom stereocenters. The number of carbonyl (C=O) groups excluding carboxylic acids is 2. The molecule has 0 saturated carbocycles. The SMILES string of the molecule is Cc1cc(CN2C(=O)C(C)C(C)C2=O)oc1C(=O)O. The monoisotopic (exact) mass is 265 g/mol. The van der Waals surface area contributed by atoms with Crippen LogP contribution < -0.4 is 0 Å². The summed E-state index contributed by atoms with van der Waals surface area (Å²) in [5, 5.41) is 8.89. The number of amides is 2. The van der Waals surface area contributed by atoms with Crippen molar-refractivity contribution in [3.05, 3.63) is 23.2 Å². The number of imide groups is 1. The van der Waals surface area contributed by atoms with Crippen LogP contribution >= 0.6 is 0 Å². The minimum absolute atomic E-state index is 0.0134. The van der Waals surface area contributed by atoms with Crippen molar-refractivity contribution < 1.29 is 23.9 Å². The van der Waals surface area contributed by atoms with E-state index in [1.807, 2.05) is 0 Å². The van der Waals surface area contributed by atoms with Gasteiger partial charge in [0.1, 0.15) is 5.76 Å². The Morgan fingerprint density at radius 3 is 2.26 bits per heavy atom. The number of furan rings is 1. The van der Waals surface area contributed by atoms with Gasteiger partial charge in [-0.3, -0.25) is 14.5 Å². The second-order valence-electron chi connectivity index (χ2n) is 4.87. The van der Waals surface area contributed by atoms with Crippen molar-refractivity contribution in [1.82, 2.24) is 4.90 Å². The predicted molar refractivity (Wildman–Crippen MR) is 64.3 cm³/mol. The molecule has 0 aliphatic carbocycles. The Morgan fingerprint density at radius 2 is 1.84 bits per heavy atom. The van der Waals surface area contributed by atoms with Gasteiger partial charge in [-0.05, 0) is 13.0 Å². The normalized spacial score (nSPS) is 23.2. The fourth-order valence-electron chi connectivity index (χ4n) is 2.18. The molecule has 1 aliphatic rings. The van der Waals surface area contributed by atoms with Gasteiger partial charge in [-0.15, -0.1) is 0 Å². The summed E-state index contributed by atoms with van der Waals surface area (Å²) < 4.78 is 5.16. The standard InChI is InChI=1S/C13H15NO5/c1-6-4-9(19-10(6)13(17)18)5-14-11(15)7(2)8(3)12(14)16/h4,7-8H,5H2,1-3H3,(H,17,18). The van der Waals surface area contributed by atoms with Crippen molar-refractivity contribution >= 4 is 17.8 Å². The number of nitrogens with zero attached hydrogens (tertiary/aromatic N) is 1. The summed E-state index contributed by atoms with van der Waals surface area (Å²) in [7, 11) is 0. The Morgan fingerprint density at radius 1 is 1.32 bits per heavy atom. The zero-order chi connectivity index (χ0) is 14.3. The Labute approximate surface area is 110 Å². The highest BCUT2D eigenvalue weighted by atomic mass is 16.4. The van der Waals surface area contributed by atoms with E-state index in [-0.39, 0.29) is 36.0 Å². The molecule has 0 radical (unpaired) electrons. The van der Waals surface area contributed by atoms with Crippen LogP contribution in [0.5, 0.6) is 0 Å². The predicted octanol–water partition coefficient (Wildman–Crippen LogP) is 1.43. The maximum Gasteiger partial charge on any atom is 0.372 e. The highest BCUT2D eigenvalue weighted by Gasteiger charge is 2.42. The summed E-state index contributed by atoms with van der Waals surface area (Å²) in [6.07, 6.45) is 0. The quantitative estimate of drug-likeness (QED) is 0.835. The van der Waals surface area contributed by atoms with Crippen LogP contribution in [0.4, 0.5) is 0 Å². The Kier molecular flexibility index (Phi) is 3.18. The summed E-state index contributed by atoms with van der Waals surface area (Å²) in [6, 6.07) is 1.54. The lowest BCUT2D eigenvalue weighted by Gasteiger charge is -2.12. The van der Waals surface area contributed by atoms with Gasteiger partial charge in [0.25, 0.3) is 0 Å². The molecule has 1 fully saturated rings. The van der Waals surface area contributed by atoms with Crippen LogP contribution in [0.3, 0.4) is 0 Å². The second-order valence-corrected chi connectivity index (χ2v) is 4.87. The number of aryl methyl sites for hydroxylation is 1. The molecule has 19 heavy (non-hydrogen) atoms. The first-order valence-electron chi connectivity index (χ1n) is 6.00. The highest BCUT2D eigenvalue weighted by Crippen LogP contribution is 2.27. The molecule has 1 aromatic heterocycles. The second kappa shape index (κ2) is 4.53. The summed E-state index contributed by atoms with van der Waals surface area (Å²) >= 11 is 0. The fraction of sp³-hybridized carbons (Fsp3) is 0.462. The van der Waals surface area contributed by atoms with Gasteiger partial charge >= 0.3 is 5.97 Å². The number of rotatable bonds is 3. The summed E-state index contributed by atoms with van der Waals surface area (Å²) in [5.41, 5.74) is 0.475. The molecule has 1 aromatic rings. The molecule has 0 bridgehead atoms. The number of carboxylic acid groups (broad SMARTS) is 1. The Balaban J connectivity index is 2.22. The summed E-state index contributed by atoms with van der Waals surface area (Å²) in [4.78, 5) is 35.8. The van der Waals surface area contributed by atoms with Crippen molar-refractivity contribution in [2.24, 2.45) is 11.8 Å². The van der Waals surface area contributed by atoms with E-state index in [2.05, 4.69) is 0 Å². The molecule has 2 heterocycles. The van der Waals surface area contributed by atoms with E-state index in [0.29, 0.717) is 11.3 Å². The number of hydrogen-bond acceptors (Lipinski definition) is 4. The molecule has 102 valence electrons. The molecule has 1 saturated heterocycles. The topological polar surface area (TPSA) is 87.8 Å². The number of carboxylic acids is 1. The minimum Gasteiger partial charge on any atom is -0.475 e. The fourth-order valence-corrected chi connectivity index (χ4v) is 2.18. The molecule has 2 rings (SSSR count). The third kappa shape index (κ3) is 2.14. The summed E-state index contributed by atoms with van der Waals surface area (Å²) in [5.74, 6) is -2.20. The molecule has 2 amide bonds. The average Bonchev–Trinajstić information content (AvgIpc) is 2.80. The lowest BCUT2D eigenvalue weighted by atomic mass is 10.00. The zero-order valence-corrected chi connectivity index (χ0v) is 11.0. The first-order chi connectivity index (χ1) is 8.82. The number of carbonyl (C=O) groups is 3. The molecule has 0 aromatic carbocycles. The molecule has 0 spiro atoms.